The second kappa shape index (κ2) is 4.35. The minimum absolute atomic E-state index is 0.0971. The molecule has 0 spiro atoms. The predicted octanol–water partition coefficient (Wildman–Crippen LogP) is 4.52. The number of hydrogen-bond acceptors (Lipinski definition) is 2. The van der Waals surface area contributed by atoms with Crippen LogP contribution in [0.3, 0.4) is 0 Å². The largest absolute Gasteiger partial charge is 0.298 e. The molecule has 0 saturated carbocycles. The molecule has 3 heteroatoms. The fraction of sp³-hybridized carbons (Fsp3) is 0. The van der Waals surface area contributed by atoms with Gasteiger partial charge >= 0.3 is 0 Å². The first-order valence-electron chi connectivity index (χ1n) is 5.51. The number of rotatable bonds is 2. The van der Waals surface area contributed by atoms with E-state index in [0.29, 0.717) is 6.29 Å². The molecule has 18 heavy (non-hydrogen) atoms. The van der Waals surface area contributed by atoms with Crippen molar-refractivity contribution >= 4 is 27.7 Å². The van der Waals surface area contributed by atoms with Crippen molar-refractivity contribution in [1.29, 1.82) is 0 Å². The normalized spacial score (nSPS) is 10.7. The summed E-state index contributed by atoms with van der Waals surface area (Å²) in [5.41, 5.74) is 0.902. The van der Waals surface area contributed by atoms with Crippen LogP contribution < -0.4 is 0 Å². The first kappa shape index (κ1) is 11.1. The summed E-state index contributed by atoms with van der Waals surface area (Å²) in [6.07, 6.45) is 0.532. The maximum Gasteiger partial charge on any atom is 0.152 e. The Labute approximate surface area is 108 Å². The van der Waals surface area contributed by atoms with Crippen LogP contribution in [0.1, 0.15) is 10.4 Å². The molecule has 0 saturated heterocycles. The van der Waals surface area contributed by atoms with Crippen LogP contribution in [-0.2, 0) is 0 Å². The number of hydrogen-bond donors (Lipinski definition) is 0. The van der Waals surface area contributed by atoms with Crippen LogP contribution in [0.5, 0.6) is 0 Å². The molecule has 3 aromatic rings. The quantitative estimate of drug-likeness (QED) is 0.616. The zero-order valence-electron chi connectivity index (χ0n) is 9.39. The molecule has 0 amide bonds. The molecule has 0 bridgehead atoms. The summed E-state index contributed by atoms with van der Waals surface area (Å²) in [5, 5.41) is 1.15. The van der Waals surface area contributed by atoms with Gasteiger partial charge in [0, 0.05) is 9.58 Å². The standard InChI is InChI=1S/C15H9FOS/c16-13-7-11(5-6-12(13)9-17)15-8-10-3-1-2-4-14(10)18-15/h1-9H. The average molecular weight is 256 g/mol. The Morgan fingerprint density at radius 2 is 1.89 bits per heavy atom. The summed E-state index contributed by atoms with van der Waals surface area (Å²) in [6.45, 7) is 0. The van der Waals surface area contributed by atoms with Crippen molar-refractivity contribution in [2.75, 3.05) is 0 Å². The Bertz CT molecular complexity index is 697. The number of fused-ring (bicyclic) bond motifs is 1. The third-order valence-corrected chi connectivity index (χ3v) is 4.00. The summed E-state index contributed by atoms with van der Waals surface area (Å²) >= 11 is 1.62. The average Bonchev–Trinajstić information content (AvgIpc) is 2.82. The first-order valence-corrected chi connectivity index (χ1v) is 6.33. The van der Waals surface area contributed by atoms with Gasteiger partial charge in [0.05, 0.1) is 5.56 Å². The lowest BCUT2D eigenvalue weighted by Gasteiger charge is -1.99. The van der Waals surface area contributed by atoms with Crippen LogP contribution in [0.2, 0.25) is 0 Å². The lowest BCUT2D eigenvalue weighted by Crippen LogP contribution is -1.87. The molecule has 0 N–H and O–H groups in total. The summed E-state index contributed by atoms with van der Waals surface area (Å²) < 4.78 is 14.7. The molecule has 1 aromatic heterocycles. The zero-order valence-corrected chi connectivity index (χ0v) is 10.2. The van der Waals surface area contributed by atoms with Crippen LogP contribution in [-0.4, -0.2) is 6.29 Å². The van der Waals surface area contributed by atoms with E-state index >= 15 is 0 Å². The highest BCUT2D eigenvalue weighted by atomic mass is 32.1. The van der Waals surface area contributed by atoms with Crippen molar-refractivity contribution in [1.82, 2.24) is 0 Å². The van der Waals surface area contributed by atoms with Gasteiger partial charge in [-0.1, -0.05) is 24.3 Å². The van der Waals surface area contributed by atoms with Crippen molar-refractivity contribution in [2.24, 2.45) is 0 Å². The van der Waals surface area contributed by atoms with E-state index in [-0.39, 0.29) is 5.56 Å². The molecule has 0 fully saturated rings. The highest BCUT2D eigenvalue weighted by Gasteiger charge is 2.07. The van der Waals surface area contributed by atoms with Gasteiger partial charge in [-0.2, -0.15) is 0 Å². The number of carbonyl (C=O) groups excluding carboxylic acids is 1. The number of benzene rings is 2. The minimum Gasteiger partial charge on any atom is -0.298 e. The third kappa shape index (κ3) is 1.83. The van der Waals surface area contributed by atoms with Crippen LogP contribution in [0.25, 0.3) is 20.5 Å². The molecule has 0 atom stereocenters. The van der Waals surface area contributed by atoms with Gasteiger partial charge in [0.2, 0.25) is 0 Å². The van der Waals surface area contributed by atoms with Gasteiger partial charge in [0.1, 0.15) is 5.82 Å². The van der Waals surface area contributed by atoms with Crippen molar-refractivity contribution in [3.8, 4) is 10.4 Å². The Hall–Kier alpha value is -2.00. The molecule has 2 aromatic carbocycles. The molecule has 88 valence electrons. The van der Waals surface area contributed by atoms with Crippen molar-refractivity contribution in [3.05, 3.63) is 59.9 Å². The Morgan fingerprint density at radius 1 is 1.06 bits per heavy atom. The Balaban J connectivity index is 2.14. The predicted molar refractivity (Wildman–Crippen MR) is 72.6 cm³/mol. The number of halogens is 1. The molecular weight excluding hydrogens is 247 g/mol. The third-order valence-electron chi connectivity index (χ3n) is 2.84. The van der Waals surface area contributed by atoms with E-state index in [1.165, 1.54) is 16.8 Å². The summed E-state index contributed by atoms with van der Waals surface area (Å²) in [5.74, 6) is -0.472. The van der Waals surface area contributed by atoms with E-state index in [9.17, 15) is 9.18 Å². The molecule has 0 unspecified atom stereocenters. The van der Waals surface area contributed by atoms with Gasteiger partial charge in [-0.25, -0.2) is 4.39 Å². The van der Waals surface area contributed by atoms with Gasteiger partial charge < -0.3 is 0 Å². The topological polar surface area (TPSA) is 17.1 Å². The monoisotopic (exact) mass is 256 g/mol. The number of aldehydes is 1. The van der Waals surface area contributed by atoms with Crippen molar-refractivity contribution in [2.45, 2.75) is 0 Å². The molecule has 0 aliphatic carbocycles. The minimum atomic E-state index is -0.472. The van der Waals surface area contributed by atoms with E-state index < -0.39 is 5.82 Å². The van der Waals surface area contributed by atoms with Crippen molar-refractivity contribution < 1.29 is 9.18 Å². The summed E-state index contributed by atoms with van der Waals surface area (Å²) in [6, 6.07) is 14.8. The van der Waals surface area contributed by atoms with Gasteiger partial charge in [0.15, 0.2) is 6.29 Å². The molecule has 1 nitrogen and oxygen atoms in total. The summed E-state index contributed by atoms with van der Waals surface area (Å²) in [4.78, 5) is 11.6. The summed E-state index contributed by atoms with van der Waals surface area (Å²) in [7, 11) is 0. The van der Waals surface area contributed by atoms with E-state index in [1.807, 2.05) is 30.3 Å². The van der Waals surface area contributed by atoms with Gasteiger partial charge in [-0.3, -0.25) is 4.79 Å². The van der Waals surface area contributed by atoms with Gasteiger partial charge in [0.25, 0.3) is 0 Å². The molecular formula is C15H9FOS. The fourth-order valence-electron chi connectivity index (χ4n) is 1.90. The number of carbonyl (C=O) groups is 1. The molecule has 1 heterocycles. The van der Waals surface area contributed by atoms with E-state index in [0.717, 1.165) is 15.8 Å². The fourth-order valence-corrected chi connectivity index (χ4v) is 2.96. The van der Waals surface area contributed by atoms with E-state index in [2.05, 4.69) is 0 Å². The Kier molecular flexibility index (Phi) is 2.68. The second-order valence-corrected chi connectivity index (χ2v) is 5.09. The number of thiophene rings is 1. The van der Waals surface area contributed by atoms with Crippen LogP contribution in [0, 0.1) is 5.82 Å². The maximum absolute atomic E-state index is 13.6. The lowest BCUT2D eigenvalue weighted by molar-refractivity contribution is 0.112. The molecule has 0 aliphatic heterocycles. The first-order chi connectivity index (χ1) is 8.78. The SMILES string of the molecule is O=Cc1ccc(-c2cc3ccccc3s2)cc1F. The van der Waals surface area contributed by atoms with E-state index in [1.54, 1.807) is 17.4 Å². The molecule has 3 rings (SSSR count). The molecule has 0 aliphatic rings. The van der Waals surface area contributed by atoms with Crippen LogP contribution >= 0.6 is 11.3 Å². The van der Waals surface area contributed by atoms with Gasteiger partial charge in [-0.15, -0.1) is 11.3 Å². The van der Waals surface area contributed by atoms with Gasteiger partial charge in [-0.05, 0) is 35.2 Å². The van der Waals surface area contributed by atoms with Crippen LogP contribution in [0.4, 0.5) is 4.39 Å². The smallest absolute Gasteiger partial charge is 0.152 e. The zero-order chi connectivity index (χ0) is 12.5. The Morgan fingerprint density at radius 3 is 2.61 bits per heavy atom. The maximum atomic E-state index is 13.6. The highest BCUT2D eigenvalue weighted by Crippen LogP contribution is 2.33. The van der Waals surface area contributed by atoms with E-state index in [4.69, 9.17) is 0 Å². The highest BCUT2D eigenvalue weighted by molar-refractivity contribution is 7.22. The van der Waals surface area contributed by atoms with Crippen LogP contribution in [0.15, 0.2) is 48.5 Å². The lowest BCUT2D eigenvalue weighted by atomic mass is 10.1. The molecule has 0 radical (unpaired) electrons. The second-order valence-electron chi connectivity index (χ2n) is 4.00. The van der Waals surface area contributed by atoms with Crippen molar-refractivity contribution in [3.63, 3.8) is 0 Å².